The van der Waals surface area contributed by atoms with Crippen LogP contribution in [0.5, 0.6) is 11.5 Å². The van der Waals surface area contributed by atoms with Crippen LogP contribution in [0.15, 0.2) is 47.6 Å². The highest BCUT2D eigenvalue weighted by Gasteiger charge is 2.15. The van der Waals surface area contributed by atoms with Gasteiger partial charge in [0.1, 0.15) is 18.0 Å². The predicted octanol–water partition coefficient (Wildman–Crippen LogP) is 3.29. The zero-order chi connectivity index (χ0) is 22.4. The number of aromatic nitrogens is 1. The minimum atomic E-state index is -0.402. The van der Waals surface area contributed by atoms with Crippen molar-refractivity contribution in [2.45, 2.75) is 20.4 Å². The molecule has 0 bridgehead atoms. The fourth-order valence-electron chi connectivity index (χ4n) is 3.32. The van der Waals surface area contributed by atoms with Crippen LogP contribution in [0.25, 0.3) is 10.9 Å². The molecule has 0 aliphatic carbocycles. The van der Waals surface area contributed by atoms with Gasteiger partial charge in [-0.15, -0.1) is 0 Å². The van der Waals surface area contributed by atoms with Crippen LogP contribution in [0, 0.1) is 6.92 Å². The van der Waals surface area contributed by atoms with E-state index in [0.717, 1.165) is 22.2 Å². The van der Waals surface area contributed by atoms with Crippen molar-refractivity contribution in [1.29, 1.82) is 0 Å². The number of nitrogens with zero attached hydrogens (tertiary/aromatic N) is 2. The van der Waals surface area contributed by atoms with E-state index < -0.39 is 5.91 Å². The molecule has 1 N–H and O–H groups in total. The van der Waals surface area contributed by atoms with E-state index in [1.54, 1.807) is 31.3 Å². The lowest BCUT2D eigenvalue weighted by atomic mass is 10.1. The average Bonchev–Trinajstić information content (AvgIpc) is 3.04. The number of amides is 1. The summed E-state index contributed by atoms with van der Waals surface area (Å²) in [5.74, 6) is 0.300. The molecular weight excluding hydrogens is 398 g/mol. The molecule has 1 aromatic heterocycles. The van der Waals surface area contributed by atoms with Gasteiger partial charge in [-0.1, -0.05) is 18.2 Å². The van der Waals surface area contributed by atoms with Crippen LogP contribution < -0.4 is 14.9 Å². The van der Waals surface area contributed by atoms with Crippen LogP contribution in [-0.4, -0.2) is 43.5 Å². The van der Waals surface area contributed by atoms with E-state index in [9.17, 15) is 9.59 Å². The molecule has 1 amide bonds. The highest BCUT2D eigenvalue weighted by atomic mass is 16.5. The molecule has 31 heavy (non-hydrogen) atoms. The minimum Gasteiger partial charge on any atom is -0.497 e. The lowest BCUT2D eigenvalue weighted by molar-refractivity contribution is -0.143. The van der Waals surface area contributed by atoms with E-state index >= 15 is 0 Å². The van der Waals surface area contributed by atoms with Crippen LogP contribution in [-0.2, 0) is 16.1 Å². The van der Waals surface area contributed by atoms with Gasteiger partial charge in [0.05, 0.1) is 27.0 Å². The number of fused-ring (bicyclic) bond motifs is 1. The normalized spacial score (nSPS) is 11.0. The quantitative estimate of drug-likeness (QED) is 0.341. The zero-order valence-electron chi connectivity index (χ0n) is 18.0. The van der Waals surface area contributed by atoms with Crippen molar-refractivity contribution in [1.82, 2.24) is 9.99 Å². The van der Waals surface area contributed by atoms with Crippen LogP contribution in [0.1, 0.15) is 28.5 Å². The molecule has 0 atom stereocenters. The second-order valence-electron chi connectivity index (χ2n) is 6.71. The van der Waals surface area contributed by atoms with E-state index in [1.807, 2.05) is 35.8 Å². The predicted molar refractivity (Wildman–Crippen MR) is 118 cm³/mol. The summed E-state index contributed by atoms with van der Waals surface area (Å²) in [6.07, 6.45) is 1.58. The maximum atomic E-state index is 12.5. The van der Waals surface area contributed by atoms with E-state index in [0.29, 0.717) is 23.7 Å². The first-order chi connectivity index (χ1) is 15.0. The van der Waals surface area contributed by atoms with Gasteiger partial charge in [-0.25, -0.2) is 5.43 Å². The minimum absolute atomic E-state index is 0.101. The molecule has 0 aliphatic heterocycles. The van der Waals surface area contributed by atoms with Crippen LogP contribution in [0.2, 0.25) is 0 Å². The smallest absolute Gasteiger partial charge is 0.325 e. The third-order valence-electron chi connectivity index (χ3n) is 4.85. The number of rotatable bonds is 8. The second kappa shape index (κ2) is 9.80. The Labute approximate surface area is 180 Å². The molecule has 0 spiro atoms. The fourth-order valence-corrected chi connectivity index (χ4v) is 3.32. The molecule has 0 fully saturated rings. The van der Waals surface area contributed by atoms with Gasteiger partial charge in [0.15, 0.2) is 0 Å². The standard InChI is InChI=1S/C23H25N3O5/c1-5-31-22(27)14-26-15(2)20(19-8-6-7-9-21(19)26)13-24-25-23(28)16-10-17(29-3)12-18(11-16)30-4/h6-13H,5,14H2,1-4H3,(H,25,28). The van der Waals surface area contributed by atoms with Crippen LogP contribution in [0.3, 0.4) is 0 Å². The molecule has 8 nitrogen and oxygen atoms in total. The zero-order valence-corrected chi connectivity index (χ0v) is 18.0. The van der Waals surface area contributed by atoms with E-state index in [2.05, 4.69) is 10.5 Å². The number of hydrogen-bond acceptors (Lipinski definition) is 6. The molecular formula is C23H25N3O5. The van der Waals surface area contributed by atoms with E-state index in [1.165, 1.54) is 14.2 Å². The molecule has 162 valence electrons. The summed E-state index contributed by atoms with van der Waals surface area (Å²) in [6, 6.07) is 12.6. The van der Waals surface area contributed by atoms with Gasteiger partial charge < -0.3 is 18.8 Å². The summed E-state index contributed by atoms with van der Waals surface area (Å²) >= 11 is 0. The SMILES string of the molecule is CCOC(=O)Cn1c(C)c(C=NNC(=O)c2cc(OC)cc(OC)c2)c2ccccc21. The van der Waals surface area contributed by atoms with Crippen molar-refractivity contribution in [2.75, 3.05) is 20.8 Å². The molecule has 1 heterocycles. The number of benzene rings is 2. The monoisotopic (exact) mass is 423 g/mol. The summed E-state index contributed by atoms with van der Waals surface area (Å²) in [5.41, 5.74) is 5.43. The van der Waals surface area contributed by atoms with Gasteiger partial charge in [-0.3, -0.25) is 9.59 Å². The van der Waals surface area contributed by atoms with Crippen LogP contribution >= 0.6 is 0 Å². The lowest BCUT2D eigenvalue weighted by Gasteiger charge is -2.08. The summed E-state index contributed by atoms with van der Waals surface area (Å²) in [4.78, 5) is 24.6. The van der Waals surface area contributed by atoms with Crippen molar-refractivity contribution in [3.63, 3.8) is 0 Å². The third kappa shape index (κ3) is 4.85. The summed E-state index contributed by atoms with van der Waals surface area (Å²) in [6.45, 7) is 4.10. The molecule has 0 saturated carbocycles. The van der Waals surface area contributed by atoms with Gasteiger partial charge in [0.2, 0.25) is 0 Å². The number of esters is 1. The Morgan fingerprint density at radius 1 is 1.10 bits per heavy atom. The van der Waals surface area contributed by atoms with Crippen molar-refractivity contribution in [3.8, 4) is 11.5 Å². The number of methoxy groups -OCH3 is 2. The van der Waals surface area contributed by atoms with Crippen molar-refractivity contribution < 1.29 is 23.8 Å². The average molecular weight is 423 g/mol. The van der Waals surface area contributed by atoms with Crippen LogP contribution in [0.4, 0.5) is 0 Å². The van der Waals surface area contributed by atoms with Gasteiger partial charge in [0, 0.05) is 33.8 Å². The van der Waals surface area contributed by atoms with Gasteiger partial charge >= 0.3 is 5.97 Å². The largest absolute Gasteiger partial charge is 0.497 e. The third-order valence-corrected chi connectivity index (χ3v) is 4.85. The van der Waals surface area contributed by atoms with E-state index in [4.69, 9.17) is 14.2 Å². The highest BCUT2D eigenvalue weighted by molar-refractivity contribution is 6.02. The molecule has 0 unspecified atom stereocenters. The summed E-state index contributed by atoms with van der Waals surface area (Å²) in [5, 5.41) is 5.05. The maximum absolute atomic E-state index is 12.5. The Balaban J connectivity index is 1.86. The molecule has 8 heteroatoms. The van der Waals surface area contributed by atoms with E-state index in [-0.39, 0.29) is 12.5 Å². The first-order valence-electron chi connectivity index (χ1n) is 9.78. The molecule has 3 aromatic rings. The number of para-hydroxylation sites is 1. The molecule has 2 aromatic carbocycles. The number of hydrogen-bond donors (Lipinski definition) is 1. The molecule has 0 aliphatic rings. The number of hydrazone groups is 1. The highest BCUT2D eigenvalue weighted by Crippen LogP contribution is 2.25. The first-order valence-corrected chi connectivity index (χ1v) is 9.78. The second-order valence-corrected chi connectivity index (χ2v) is 6.71. The van der Waals surface area contributed by atoms with Gasteiger partial charge in [-0.05, 0) is 32.0 Å². The summed E-state index contributed by atoms with van der Waals surface area (Å²) in [7, 11) is 3.03. The molecule has 0 saturated heterocycles. The van der Waals surface area contributed by atoms with Gasteiger partial charge in [0.25, 0.3) is 5.91 Å². The number of nitrogens with one attached hydrogen (secondary N) is 1. The molecule has 0 radical (unpaired) electrons. The number of ether oxygens (including phenoxy) is 3. The van der Waals surface area contributed by atoms with Crippen molar-refractivity contribution >= 4 is 29.0 Å². The Morgan fingerprint density at radius 3 is 2.42 bits per heavy atom. The Bertz CT molecular complexity index is 1110. The number of carbonyl (C=O) groups is 2. The van der Waals surface area contributed by atoms with Crippen molar-refractivity contribution in [2.24, 2.45) is 5.10 Å². The Kier molecular flexibility index (Phi) is 6.92. The number of carbonyl (C=O) groups excluding carboxylic acids is 2. The lowest BCUT2D eigenvalue weighted by Crippen LogP contribution is -2.18. The maximum Gasteiger partial charge on any atom is 0.325 e. The topological polar surface area (TPSA) is 91.2 Å². The van der Waals surface area contributed by atoms with Gasteiger partial charge in [-0.2, -0.15) is 5.10 Å². The first kappa shape index (κ1) is 21.9. The fraction of sp³-hybridized carbons (Fsp3) is 0.261. The Morgan fingerprint density at radius 2 is 1.77 bits per heavy atom. The molecule has 3 rings (SSSR count). The summed E-state index contributed by atoms with van der Waals surface area (Å²) < 4.78 is 17.4. The van der Waals surface area contributed by atoms with Crippen molar-refractivity contribution in [3.05, 3.63) is 59.3 Å². The Hall–Kier alpha value is -3.81.